The van der Waals surface area contributed by atoms with E-state index < -0.39 is 10.7 Å². The molecule has 4 nitrogen and oxygen atoms in total. The Bertz CT molecular complexity index is 272. The van der Waals surface area contributed by atoms with Crippen LogP contribution in [0.5, 0.6) is 0 Å². The summed E-state index contributed by atoms with van der Waals surface area (Å²) in [6.07, 6.45) is 6.83. The summed E-state index contributed by atoms with van der Waals surface area (Å²) in [5.74, 6) is 0.244. The van der Waals surface area contributed by atoms with Crippen molar-refractivity contribution in [3.63, 3.8) is 0 Å². The molecule has 0 amide bonds. The summed E-state index contributed by atoms with van der Waals surface area (Å²) >= 11 is 0. The number of piperazine rings is 1. The molecule has 0 aromatic rings. The van der Waals surface area contributed by atoms with Gasteiger partial charge in [-0.25, -0.2) is 8.42 Å². The van der Waals surface area contributed by atoms with Gasteiger partial charge in [0.15, 0.2) is 10.7 Å². The summed E-state index contributed by atoms with van der Waals surface area (Å²) in [6, 6.07) is 0.775. The second-order valence-electron chi connectivity index (χ2n) is 4.92. The number of thiol groups is 1. The first-order chi connectivity index (χ1) is 7.75. The van der Waals surface area contributed by atoms with Crippen molar-refractivity contribution in [3.05, 3.63) is 0 Å². The first kappa shape index (κ1) is 12.3. The second-order valence-corrected chi connectivity index (χ2v) is 5.87. The van der Waals surface area contributed by atoms with E-state index in [1.807, 2.05) is 4.90 Å². The molecule has 0 atom stereocenters. The Labute approximate surface area is 99.6 Å². The fourth-order valence-electron chi connectivity index (χ4n) is 2.88. The lowest BCUT2D eigenvalue weighted by Gasteiger charge is -2.40. The Morgan fingerprint density at radius 3 is 2.12 bits per heavy atom. The van der Waals surface area contributed by atoms with E-state index in [0.717, 1.165) is 32.2 Å². The van der Waals surface area contributed by atoms with Gasteiger partial charge >= 0.3 is 0 Å². The summed E-state index contributed by atoms with van der Waals surface area (Å²) in [6.45, 7) is 3.93. The molecular weight excluding hydrogens is 224 g/mol. The van der Waals surface area contributed by atoms with E-state index in [1.54, 1.807) is 0 Å². The normalized spacial score (nSPS) is 26.3. The molecule has 0 unspecified atom stereocenters. The standard InChI is InChI=1S/C11H22N2O2S/c14-16(15)10-12-6-8-13(9-7-12)11-4-2-1-3-5-11/h11,16H,1-10H2. The van der Waals surface area contributed by atoms with Gasteiger partial charge in [-0.05, 0) is 12.8 Å². The Hall–Kier alpha value is -0.130. The summed E-state index contributed by atoms with van der Waals surface area (Å²) in [7, 11) is -2.24. The molecule has 2 rings (SSSR count). The molecule has 0 spiro atoms. The van der Waals surface area contributed by atoms with Crippen molar-refractivity contribution in [2.45, 2.75) is 38.1 Å². The average Bonchev–Trinajstić information content (AvgIpc) is 2.30. The van der Waals surface area contributed by atoms with Crippen LogP contribution in [0, 0.1) is 0 Å². The fraction of sp³-hybridized carbons (Fsp3) is 1.00. The predicted octanol–water partition coefficient (Wildman–Crippen LogP) is 0.506. The molecule has 2 fully saturated rings. The topological polar surface area (TPSA) is 40.6 Å². The lowest BCUT2D eigenvalue weighted by atomic mass is 9.94. The molecule has 0 N–H and O–H groups in total. The maximum atomic E-state index is 10.6. The molecule has 0 aromatic heterocycles. The van der Waals surface area contributed by atoms with Crippen LogP contribution < -0.4 is 0 Å². The molecule has 0 aromatic carbocycles. The monoisotopic (exact) mass is 246 g/mol. The highest BCUT2D eigenvalue weighted by atomic mass is 32.2. The third-order valence-electron chi connectivity index (χ3n) is 3.81. The Morgan fingerprint density at radius 2 is 1.56 bits per heavy atom. The second kappa shape index (κ2) is 5.98. The number of hydrogen-bond donors (Lipinski definition) is 1. The zero-order chi connectivity index (χ0) is 11.4. The van der Waals surface area contributed by atoms with Gasteiger partial charge in [0, 0.05) is 32.2 Å². The summed E-state index contributed by atoms with van der Waals surface area (Å²) in [5.41, 5.74) is 0. The maximum absolute atomic E-state index is 10.6. The molecule has 2 aliphatic rings. The first-order valence-corrected chi connectivity index (χ1v) is 7.70. The van der Waals surface area contributed by atoms with Crippen molar-refractivity contribution < 1.29 is 8.42 Å². The highest BCUT2D eigenvalue weighted by Crippen LogP contribution is 2.23. The van der Waals surface area contributed by atoms with Crippen LogP contribution in [-0.2, 0) is 10.7 Å². The smallest absolute Gasteiger partial charge is 0.153 e. The van der Waals surface area contributed by atoms with E-state index in [0.29, 0.717) is 0 Å². The van der Waals surface area contributed by atoms with Crippen LogP contribution in [0.3, 0.4) is 0 Å². The van der Waals surface area contributed by atoms with Crippen molar-refractivity contribution in [1.29, 1.82) is 0 Å². The molecule has 1 saturated heterocycles. The summed E-state index contributed by atoms with van der Waals surface area (Å²) in [4.78, 5) is 4.61. The van der Waals surface area contributed by atoms with Gasteiger partial charge in [-0.1, -0.05) is 19.3 Å². The highest BCUT2D eigenvalue weighted by molar-refractivity contribution is 7.72. The van der Waals surface area contributed by atoms with Crippen LogP contribution in [-0.4, -0.2) is 56.3 Å². The van der Waals surface area contributed by atoms with Crippen LogP contribution in [0.2, 0.25) is 0 Å². The van der Waals surface area contributed by atoms with Crippen LogP contribution in [0.1, 0.15) is 32.1 Å². The minimum Gasteiger partial charge on any atom is -0.298 e. The van der Waals surface area contributed by atoms with E-state index in [9.17, 15) is 8.42 Å². The Morgan fingerprint density at radius 1 is 0.938 bits per heavy atom. The van der Waals surface area contributed by atoms with Crippen LogP contribution in [0.4, 0.5) is 0 Å². The minimum atomic E-state index is -2.24. The highest BCUT2D eigenvalue weighted by Gasteiger charge is 2.24. The summed E-state index contributed by atoms with van der Waals surface area (Å²) in [5, 5.41) is 0. The van der Waals surface area contributed by atoms with Crippen molar-refractivity contribution >= 4 is 10.7 Å². The fourth-order valence-corrected chi connectivity index (χ4v) is 3.49. The van der Waals surface area contributed by atoms with E-state index in [-0.39, 0.29) is 5.88 Å². The maximum Gasteiger partial charge on any atom is 0.153 e. The van der Waals surface area contributed by atoms with Crippen molar-refractivity contribution in [1.82, 2.24) is 9.80 Å². The molecule has 0 bridgehead atoms. The van der Waals surface area contributed by atoms with Gasteiger partial charge in [0.05, 0.1) is 5.88 Å². The van der Waals surface area contributed by atoms with Crippen molar-refractivity contribution in [2.75, 3.05) is 32.1 Å². The molecule has 1 aliphatic heterocycles. The minimum absolute atomic E-state index is 0.244. The predicted molar refractivity (Wildman–Crippen MR) is 65.2 cm³/mol. The van der Waals surface area contributed by atoms with Crippen LogP contribution in [0.25, 0.3) is 0 Å². The average molecular weight is 246 g/mol. The number of hydrogen-bond acceptors (Lipinski definition) is 4. The van der Waals surface area contributed by atoms with Crippen molar-refractivity contribution in [3.8, 4) is 0 Å². The molecule has 94 valence electrons. The van der Waals surface area contributed by atoms with Crippen LogP contribution in [0.15, 0.2) is 0 Å². The van der Waals surface area contributed by atoms with Crippen LogP contribution >= 0.6 is 0 Å². The zero-order valence-electron chi connectivity index (χ0n) is 9.81. The summed E-state index contributed by atoms with van der Waals surface area (Å²) < 4.78 is 21.3. The zero-order valence-corrected chi connectivity index (χ0v) is 10.7. The van der Waals surface area contributed by atoms with Gasteiger partial charge in [0.2, 0.25) is 0 Å². The van der Waals surface area contributed by atoms with Gasteiger partial charge in [-0.2, -0.15) is 0 Å². The molecule has 1 aliphatic carbocycles. The van der Waals surface area contributed by atoms with E-state index in [1.165, 1.54) is 32.1 Å². The number of rotatable bonds is 3. The SMILES string of the molecule is O=[SH](=O)CN1CCN(C2CCCCC2)CC1. The van der Waals surface area contributed by atoms with Gasteiger partial charge in [0.25, 0.3) is 0 Å². The lowest BCUT2D eigenvalue weighted by molar-refractivity contribution is 0.0879. The first-order valence-electron chi connectivity index (χ1n) is 6.34. The molecule has 1 heterocycles. The third kappa shape index (κ3) is 3.43. The van der Waals surface area contributed by atoms with E-state index >= 15 is 0 Å². The Kier molecular flexibility index (Phi) is 4.61. The number of nitrogens with zero attached hydrogens (tertiary/aromatic N) is 2. The molecule has 5 heteroatoms. The molecule has 0 radical (unpaired) electrons. The van der Waals surface area contributed by atoms with E-state index in [4.69, 9.17) is 0 Å². The quantitative estimate of drug-likeness (QED) is 0.737. The Balaban J connectivity index is 1.75. The van der Waals surface area contributed by atoms with Gasteiger partial charge < -0.3 is 0 Å². The van der Waals surface area contributed by atoms with Gasteiger partial charge in [-0.3, -0.25) is 9.80 Å². The van der Waals surface area contributed by atoms with Gasteiger partial charge in [-0.15, -0.1) is 0 Å². The molecular formula is C11H22N2O2S. The largest absolute Gasteiger partial charge is 0.298 e. The molecule has 1 saturated carbocycles. The third-order valence-corrected chi connectivity index (χ3v) is 4.44. The molecule has 16 heavy (non-hydrogen) atoms. The van der Waals surface area contributed by atoms with E-state index in [2.05, 4.69) is 4.90 Å². The lowest BCUT2D eigenvalue weighted by Crippen LogP contribution is -2.51. The van der Waals surface area contributed by atoms with Gasteiger partial charge in [0.1, 0.15) is 0 Å². The van der Waals surface area contributed by atoms with Crippen molar-refractivity contribution in [2.24, 2.45) is 0 Å².